The van der Waals surface area contributed by atoms with Gasteiger partial charge in [0.1, 0.15) is 18.1 Å². The van der Waals surface area contributed by atoms with Crippen LogP contribution < -0.4 is 21.3 Å². The van der Waals surface area contributed by atoms with Crippen LogP contribution in [-0.2, 0) is 24.0 Å². The number of hydrogen-bond donors (Lipinski definition) is 5. The van der Waals surface area contributed by atoms with Crippen LogP contribution in [0.3, 0.4) is 0 Å². The first-order chi connectivity index (χ1) is 24.7. The van der Waals surface area contributed by atoms with Gasteiger partial charge in [-0.25, -0.2) is 0 Å². The highest BCUT2D eigenvalue weighted by Gasteiger charge is 2.51. The number of aromatic amines is 1. The van der Waals surface area contributed by atoms with Gasteiger partial charge in [-0.05, 0) is 73.5 Å². The number of carbonyl (C=O) groups is 6. The van der Waals surface area contributed by atoms with E-state index in [1.165, 1.54) is 0 Å². The summed E-state index contributed by atoms with van der Waals surface area (Å²) in [4.78, 5) is 94.3. The predicted octanol–water partition coefficient (Wildman–Crippen LogP) is 2.82. The summed E-state index contributed by atoms with van der Waals surface area (Å²) in [6.45, 7) is 7.34. The number of likely N-dealkylation sites (tertiary alicyclic amines) is 1. The molecule has 0 radical (unpaired) electrons. The molecule has 4 aliphatic rings. The Morgan fingerprint density at radius 2 is 1.63 bits per heavy atom. The van der Waals surface area contributed by atoms with Gasteiger partial charge in [0, 0.05) is 12.1 Å². The second-order valence-electron chi connectivity index (χ2n) is 16.1. The quantitative estimate of drug-likeness (QED) is 0.108. The molecule has 2 unspecified atom stereocenters. The first kappa shape index (κ1) is 38.9. The van der Waals surface area contributed by atoms with Gasteiger partial charge in [-0.3, -0.25) is 28.8 Å². The Kier molecular flexibility index (Phi) is 12.4. The van der Waals surface area contributed by atoms with E-state index in [2.05, 4.69) is 31.5 Å². The van der Waals surface area contributed by atoms with Crippen LogP contribution in [0.25, 0.3) is 0 Å². The Balaban J connectivity index is 1.38. The molecule has 1 saturated heterocycles. The van der Waals surface area contributed by atoms with Gasteiger partial charge < -0.3 is 36.3 Å². The van der Waals surface area contributed by atoms with Crippen molar-refractivity contribution in [3.05, 3.63) is 21.9 Å². The van der Waals surface area contributed by atoms with Crippen molar-refractivity contribution in [3.63, 3.8) is 0 Å². The van der Waals surface area contributed by atoms with Crippen LogP contribution in [0.5, 0.6) is 0 Å². The maximum absolute atomic E-state index is 14.8. The number of ketones is 1. The maximum Gasteiger partial charge on any atom is 0.343 e. The Labute approximate surface area is 303 Å². The summed E-state index contributed by atoms with van der Waals surface area (Å²) in [5.41, 5.74) is -1.05. The van der Waals surface area contributed by atoms with Gasteiger partial charge in [0.2, 0.25) is 23.5 Å². The van der Waals surface area contributed by atoms with Crippen molar-refractivity contribution < 1.29 is 33.7 Å². The van der Waals surface area contributed by atoms with E-state index in [0.29, 0.717) is 32.1 Å². The van der Waals surface area contributed by atoms with E-state index in [1.54, 1.807) is 4.90 Å². The van der Waals surface area contributed by atoms with E-state index in [9.17, 15) is 38.9 Å². The molecule has 3 saturated carbocycles. The van der Waals surface area contributed by atoms with Crippen LogP contribution in [0.4, 0.5) is 5.82 Å². The number of rotatable bonds is 14. The number of carbonyl (C=O) groups excluding carboxylic acids is 6. The Morgan fingerprint density at radius 3 is 2.25 bits per heavy atom. The molecule has 0 aromatic carbocycles. The van der Waals surface area contributed by atoms with Crippen molar-refractivity contribution in [2.75, 3.05) is 0 Å². The van der Waals surface area contributed by atoms with Crippen LogP contribution >= 0.6 is 0 Å². The molecule has 0 spiro atoms. The zero-order valence-electron chi connectivity index (χ0n) is 30.7. The minimum absolute atomic E-state index is 0.0113. The third-order valence-electron chi connectivity index (χ3n) is 11.1. The molecule has 1 aromatic heterocycles. The number of hydrogen-bond acceptors (Lipinski definition) is 9. The second kappa shape index (κ2) is 16.5. The lowest BCUT2D eigenvalue weighted by Gasteiger charge is -2.40. The van der Waals surface area contributed by atoms with Gasteiger partial charge in [0.15, 0.2) is 5.69 Å². The molecule has 5 N–H and O–H groups in total. The predicted molar refractivity (Wildman–Crippen MR) is 188 cm³/mol. The first-order valence-corrected chi connectivity index (χ1v) is 19.0. The van der Waals surface area contributed by atoms with Gasteiger partial charge in [-0.1, -0.05) is 71.3 Å². The number of nitrogens with one attached hydrogen (secondary N) is 5. The fraction of sp³-hybridized carbons (Fsp3) is 0.750. The largest absolute Gasteiger partial charge is 0.358 e. The number of fused-ring (bicyclic) bond motifs is 1. The smallest absolute Gasteiger partial charge is 0.343 e. The number of amides is 5. The van der Waals surface area contributed by atoms with Crippen molar-refractivity contribution in [2.24, 2.45) is 17.3 Å². The summed E-state index contributed by atoms with van der Waals surface area (Å²) in [6, 6.07) is -3.28. The molecule has 5 amide bonds. The van der Waals surface area contributed by atoms with Crippen LogP contribution in [-0.4, -0.2) is 91.6 Å². The summed E-state index contributed by atoms with van der Waals surface area (Å²) in [5.74, 6) is -4.27. The molecule has 4 fully saturated rings. The van der Waals surface area contributed by atoms with Crippen molar-refractivity contribution in [1.82, 2.24) is 36.4 Å². The molecule has 2 heterocycles. The standard InChI is InChI=1S/C36H54N8O8/c1-5-11-23(29(45)34(49)37-22-16-17-22)38-32(47)26-18-21-14-9-10-15-25(21)43(26)35(50)30(36(2,3)4)40-33(48)28(20-12-7-6-8-13-20)39-31(46)24-19-27(42-41-24)44(51)52/h19-23,25-26,28,30H,5-18H2,1-4H3,(H,37,49)(H,38,47)(H,39,46)(H,40,48)(H,41,42)/t21?,23-,25?,26+,28-,30+/m0/s1. The summed E-state index contributed by atoms with van der Waals surface area (Å²) in [6.07, 6.45) is 10.3. The molecule has 0 bridgehead atoms. The molecular weight excluding hydrogens is 672 g/mol. The van der Waals surface area contributed by atoms with E-state index in [-0.39, 0.29) is 36.0 Å². The lowest BCUT2D eigenvalue weighted by molar-refractivity contribution is -0.389. The first-order valence-electron chi connectivity index (χ1n) is 19.0. The highest BCUT2D eigenvalue weighted by molar-refractivity contribution is 6.38. The minimum atomic E-state index is -1.08. The summed E-state index contributed by atoms with van der Waals surface area (Å²) in [5, 5.41) is 28.4. The van der Waals surface area contributed by atoms with E-state index in [1.807, 2.05) is 27.7 Å². The topological polar surface area (TPSA) is 226 Å². The zero-order chi connectivity index (χ0) is 37.7. The molecule has 5 rings (SSSR count). The molecule has 1 aliphatic heterocycles. The average molecular weight is 727 g/mol. The SMILES string of the molecule is CCC[C@H](NC(=O)[C@H]1CC2CCCCC2N1C(=O)[C@@H](NC(=O)[C@@H](NC(=O)c1cc([N+](=O)[O-])[nH]n1)C1CCCCC1)C(C)(C)C)C(=O)C(=O)NC1CC1. The monoisotopic (exact) mass is 726 g/mol. The molecule has 6 atom stereocenters. The fourth-order valence-corrected chi connectivity index (χ4v) is 8.11. The Hall–Kier alpha value is -4.37. The van der Waals surface area contributed by atoms with Crippen LogP contribution in [0.15, 0.2) is 6.07 Å². The van der Waals surface area contributed by atoms with Crippen LogP contribution in [0.1, 0.15) is 128 Å². The molecule has 286 valence electrons. The summed E-state index contributed by atoms with van der Waals surface area (Å²) in [7, 11) is 0. The molecule has 52 heavy (non-hydrogen) atoms. The van der Waals surface area contributed by atoms with Crippen molar-refractivity contribution in [3.8, 4) is 0 Å². The number of nitro groups is 1. The Bertz CT molecular complexity index is 1530. The van der Waals surface area contributed by atoms with Gasteiger partial charge in [0.25, 0.3) is 11.8 Å². The number of nitrogens with zero attached hydrogens (tertiary/aromatic N) is 3. The minimum Gasteiger partial charge on any atom is -0.358 e. The average Bonchev–Trinajstić information content (AvgIpc) is 3.62. The summed E-state index contributed by atoms with van der Waals surface area (Å²) >= 11 is 0. The van der Waals surface area contributed by atoms with Crippen molar-refractivity contribution in [2.45, 2.75) is 154 Å². The molecular formula is C36H54N8O8. The van der Waals surface area contributed by atoms with Gasteiger partial charge in [0.05, 0.1) is 12.1 Å². The van der Waals surface area contributed by atoms with E-state index in [4.69, 9.17) is 0 Å². The molecule has 16 nitrogen and oxygen atoms in total. The third kappa shape index (κ3) is 9.16. The molecule has 3 aliphatic carbocycles. The second-order valence-corrected chi connectivity index (χ2v) is 16.1. The molecule has 16 heteroatoms. The highest BCUT2D eigenvalue weighted by Crippen LogP contribution is 2.41. The van der Waals surface area contributed by atoms with Crippen molar-refractivity contribution >= 4 is 41.1 Å². The van der Waals surface area contributed by atoms with Crippen LogP contribution in [0, 0.1) is 27.4 Å². The lowest BCUT2D eigenvalue weighted by Crippen LogP contribution is -2.63. The van der Waals surface area contributed by atoms with Gasteiger partial charge in [-0.15, -0.1) is 5.10 Å². The summed E-state index contributed by atoms with van der Waals surface area (Å²) < 4.78 is 0. The van der Waals surface area contributed by atoms with Gasteiger partial charge >= 0.3 is 5.82 Å². The third-order valence-corrected chi connectivity index (χ3v) is 11.1. The van der Waals surface area contributed by atoms with E-state index < -0.39 is 75.6 Å². The van der Waals surface area contributed by atoms with Crippen LogP contribution in [0.2, 0.25) is 0 Å². The number of H-pyrrole nitrogens is 1. The highest BCUT2D eigenvalue weighted by atomic mass is 16.6. The fourth-order valence-electron chi connectivity index (χ4n) is 8.11. The van der Waals surface area contributed by atoms with Crippen molar-refractivity contribution in [1.29, 1.82) is 0 Å². The Morgan fingerprint density at radius 1 is 0.962 bits per heavy atom. The zero-order valence-corrected chi connectivity index (χ0v) is 30.7. The maximum atomic E-state index is 14.8. The normalized spacial score (nSPS) is 23.8. The number of aromatic nitrogens is 2. The van der Waals surface area contributed by atoms with E-state index >= 15 is 0 Å². The van der Waals surface area contributed by atoms with Gasteiger partial charge in [-0.2, -0.15) is 0 Å². The number of Topliss-reactive ketones (excluding diaryl/α,β-unsaturated/α-hetero) is 1. The van der Waals surface area contributed by atoms with E-state index in [0.717, 1.165) is 57.4 Å². The lowest BCUT2D eigenvalue weighted by atomic mass is 9.81. The molecule has 1 aromatic rings.